The first-order chi connectivity index (χ1) is 3.43. The molecule has 1 aromatic heterocycles. The Kier molecular flexibility index (Phi) is 1.22. The molecule has 1 heterocycles. The van der Waals surface area contributed by atoms with Crippen LogP contribution in [0.1, 0.15) is 5.56 Å². The molecule has 0 N–H and O–H groups in total. The van der Waals surface area contributed by atoms with Crippen molar-refractivity contribution in [3.8, 4) is 0 Å². The van der Waals surface area contributed by atoms with Crippen LogP contribution < -0.4 is 0 Å². The van der Waals surface area contributed by atoms with Crippen molar-refractivity contribution in [3.63, 3.8) is 0 Å². The number of carbonyl (C=O) groups excluding carboxylic acids is 1. The molecule has 0 unspecified atom stereocenters. The van der Waals surface area contributed by atoms with E-state index in [1.54, 1.807) is 17.7 Å². The summed E-state index contributed by atoms with van der Waals surface area (Å²) in [4.78, 5) is 9.75. The first-order valence-corrected chi connectivity index (χ1v) is 2.78. The van der Waals surface area contributed by atoms with Crippen molar-refractivity contribution < 1.29 is 4.79 Å². The molecule has 0 aromatic carbocycles. The minimum absolute atomic E-state index is 0.644. The van der Waals surface area contributed by atoms with Gasteiger partial charge in [-0.25, -0.2) is 0 Å². The predicted octanol–water partition coefficient (Wildman–Crippen LogP) is 1.21. The van der Waals surface area contributed by atoms with Crippen LogP contribution in [0.15, 0.2) is 16.8 Å². The Morgan fingerprint density at radius 3 is 2.86 bits per heavy atom. The summed E-state index contributed by atoms with van der Waals surface area (Å²) in [6.07, 6.45) is 1.77. The van der Waals surface area contributed by atoms with Gasteiger partial charge in [-0.3, -0.25) is 4.79 Å². The number of hydrogen-bond donors (Lipinski definition) is 0. The van der Waals surface area contributed by atoms with Gasteiger partial charge in [-0.2, -0.15) is 11.3 Å². The monoisotopic (exact) mass is 111 g/mol. The lowest BCUT2D eigenvalue weighted by atomic mass is 10.4. The van der Waals surface area contributed by atoms with Crippen molar-refractivity contribution in [3.05, 3.63) is 22.4 Å². The van der Waals surface area contributed by atoms with Crippen LogP contribution in [-0.2, 0) is 4.79 Å². The molecule has 0 amide bonds. The Hall–Kier alpha value is -0.630. The molecule has 1 rings (SSSR count). The summed E-state index contributed by atoms with van der Waals surface area (Å²) in [6, 6.07) is 1.73. The Bertz CT molecular complexity index is 143. The first kappa shape index (κ1) is 4.53. The third kappa shape index (κ3) is 0.871. The van der Waals surface area contributed by atoms with E-state index in [-0.39, 0.29) is 0 Å². The van der Waals surface area contributed by atoms with E-state index in [0.29, 0.717) is 5.56 Å². The highest BCUT2D eigenvalue weighted by atomic mass is 32.1. The van der Waals surface area contributed by atoms with Crippen LogP contribution in [0.5, 0.6) is 0 Å². The van der Waals surface area contributed by atoms with E-state index >= 15 is 0 Å². The third-order valence-electron chi connectivity index (χ3n) is 0.639. The molecule has 0 saturated heterocycles. The molecule has 0 saturated carbocycles. The molecular weight excluding hydrogens is 108 g/mol. The van der Waals surface area contributed by atoms with E-state index in [1.807, 2.05) is 5.38 Å². The van der Waals surface area contributed by atoms with Crippen LogP contribution in [0, 0.1) is 0 Å². The SMILES string of the molecule is O=[C]c1ccsc1. The molecule has 0 aliphatic carbocycles. The number of hydrogen-bond acceptors (Lipinski definition) is 2. The molecule has 0 aliphatic heterocycles. The average Bonchev–Trinajstić information content (AvgIpc) is 2.14. The van der Waals surface area contributed by atoms with Crippen molar-refractivity contribution >= 4 is 17.6 Å². The van der Waals surface area contributed by atoms with Gasteiger partial charge in [0.1, 0.15) is 0 Å². The van der Waals surface area contributed by atoms with E-state index < -0.39 is 0 Å². The fraction of sp³-hybridized carbons (Fsp3) is 0. The van der Waals surface area contributed by atoms with Gasteiger partial charge in [0.2, 0.25) is 6.29 Å². The van der Waals surface area contributed by atoms with Crippen LogP contribution in [0.25, 0.3) is 0 Å². The molecule has 7 heavy (non-hydrogen) atoms. The van der Waals surface area contributed by atoms with Gasteiger partial charge in [0, 0.05) is 10.9 Å². The summed E-state index contributed by atoms with van der Waals surface area (Å²) in [6.45, 7) is 0. The molecule has 1 nitrogen and oxygen atoms in total. The number of rotatable bonds is 1. The molecule has 0 aliphatic rings. The Balaban J connectivity index is 2.96. The third-order valence-corrected chi connectivity index (χ3v) is 1.32. The van der Waals surface area contributed by atoms with E-state index in [4.69, 9.17) is 0 Å². The second kappa shape index (κ2) is 1.89. The highest BCUT2D eigenvalue weighted by Crippen LogP contribution is 2.00. The molecule has 0 fully saturated rings. The summed E-state index contributed by atoms with van der Waals surface area (Å²) in [7, 11) is 0. The molecule has 2 heteroatoms. The molecule has 0 bridgehead atoms. The Morgan fingerprint density at radius 2 is 2.57 bits per heavy atom. The predicted molar refractivity (Wildman–Crippen MR) is 29.1 cm³/mol. The largest absolute Gasteiger partial charge is 0.285 e. The van der Waals surface area contributed by atoms with Crippen LogP contribution in [0.2, 0.25) is 0 Å². The standard InChI is InChI=1S/C5H3OS/c6-3-5-1-2-7-4-5/h1-2,4H. The van der Waals surface area contributed by atoms with Crippen molar-refractivity contribution in [1.82, 2.24) is 0 Å². The fourth-order valence-corrected chi connectivity index (χ4v) is 0.900. The van der Waals surface area contributed by atoms with E-state index in [9.17, 15) is 4.79 Å². The molecule has 35 valence electrons. The summed E-state index contributed by atoms with van der Waals surface area (Å²) in [5.41, 5.74) is 0.644. The molecule has 0 spiro atoms. The Labute approximate surface area is 45.6 Å². The molecular formula is C5H3OS. The van der Waals surface area contributed by atoms with Gasteiger partial charge in [0.05, 0.1) is 0 Å². The smallest absolute Gasteiger partial charge is 0.234 e. The molecule has 1 radical (unpaired) electrons. The van der Waals surface area contributed by atoms with Gasteiger partial charge in [-0.05, 0) is 11.4 Å². The van der Waals surface area contributed by atoms with Crippen molar-refractivity contribution in [2.45, 2.75) is 0 Å². The summed E-state index contributed by atoms with van der Waals surface area (Å²) < 4.78 is 0. The van der Waals surface area contributed by atoms with Gasteiger partial charge in [-0.1, -0.05) is 0 Å². The maximum atomic E-state index is 9.75. The zero-order valence-electron chi connectivity index (χ0n) is 3.55. The fourth-order valence-electron chi connectivity index (χ4n) is 0.323. The van der Waals surface area contributed by atoms with Crippen LogP contribution in [0.4, 0.5) is 0 Å². The summed E-state index contributed by atoms with van der Waals surface area (Å²) in [5.74, 6) is 0. The summed E-state index contributed by atoms with van der Waals surface area (Å²) >= 11 is 1.50. The highest BCUT2D eigenvalue weighted by molar-refractivity contribution is 7.08. The van der Waals surface area contributed by atoms with Gasteiger partial charge in [0.15, 0.2) is 0 Å². The zero-order valence-corrected chi connectivity index (χ0v) is 4.37. The van der Waals surface area contributed by atoms with Crippen LogP contribution in [-0.4, -0.2) is 6.29 Å². The lowest BCUT2D eigenvalue weighted by Crippen LogP contribution is -1.66. The van der Waals surface area contributed by atoms with Crippen molar-refractivity contribution in [2.75, 3.05) is 0 Å². The second-order valence-electron chi connectivity index (χ2n) is 1.11. The van der Waals surface area contributed by atoms with Crippen molar-refractivity contribution in [1.29, 1.82) is 0 Å². The quantitative estimate of drug-likeness (QED) is 0.532. The second-order valence-corrected chi connectivity index (χ2v) is 1.89. The van der Waals surface area contributed by atoms with Gasteiger partial charge < -0.3 is 0 Å². The van der Waals surface area contributed by atoms with Crippen LogP contribution >= 0.6 is 11.3 Å². The van der Waals surface area contributed by atoms with E-state index in [1.165, 1.54) is 11.3 Å². The van der Waals surface area contributed by atoms with Gasteiger partial charge >= 0.3 is 0 Å². The topological polar surface area (TPSA) is 17.1 Å². The minimum atomic E-state index is 0.644. The van der Waals surface area contributed by atoms with Crippen molar-refractivity contribution in [2.24, 2.45) is 0 Å². The summed E-state index contributed by atoms with van der Waals surface area (Å²) in [5, 5.41) is 3.60. The average molecular weight is 111 g/mol. The van der Waals surface area contributed by atoms with E-state index in [2.05, 4.69) is 0 Å². The minimum Gasteiger partial charge on any atom is -0.285 e. The van der Waals surface area contributed by atoms with Gasteiger partial charge in [-0.15, -0.1) is 0 Å². The zero-order chi connectivity index (χ0) is 5.11. The molecule has 0 atom stereocenters. The normalized spacial score (nSPS) is 8.57. The van der Waals surface area contributed by atoms with E-state index in [0.717, 1.165) is 0 Å². The number of thiophene rings is 1. The lowest BCUT2D eigenvalue weighted by Gasteiger charge is -1.63. The lowest BCUT2D eigenvalue weighted by molar-refractivity contribution is 0.563. The van der Waals surface area contributed by atoms with Crippen LogP contribution in [0.3, 0.4) is 0 Å². The maximum absolute atomic E-state index is 9.75. The maximum Gasteiger partial charge on any atom is 0.234 e. The first-order valence-electron chi connectivity index (χ1n) is 1.84. The van der Waals surface area contributed by atoms with Gasteiger partial charge in [0.25, 0.3) is 0 Å². The Morgan fingerprint density at radius 1 is 1.71 bits per heavy atom. The molecule has 1 aromatic rings. The highest BCUT2D eigenvalue weighted by Gasteiger charge is 1.84.